The molecular weight excluding hydrogens is 324 g/mol. The maximum Gasteiger partial charge on any atom is 0.258 e. The van der Waals surface area contributed by atoms with Crippen molar-refractivity contribution >= 4 is 10.9 Å². The average Bonchev–Trinajstić information content (AvgIpc) is 3.34. The van der Waals surface area contributed by atoms with Gasteiger partial charge in [0, 0.05) is 10.9 Å². The zero-order valence-corrected chi connectivity index (χ0v) is 13.8. The summed E-state index contributed by atoms with van der Waals surface area (Å²) in [6.07, 6.45) is 0. The minimum atomic E-state index is 0.481. The van der Waals surface area contributed by atoms with Crippen LogP contribution in [0.5, 0.6) is 0 Å². The Kier molecular flexibility index (Phi) is 3.35. The highest BCUT2D eigenvalue weighted by Gasteiger charge is 2.18. The van der Waals surface area contributed by atoms with Crippen molar-refractivity contribution in [1.29, 1.82) is 0 Å². The summed E-state index contributed by atoms with van der Waals surface area (Å²) in [5, 5.41) is 9.91. The number of rotatable bonds is 3. The standard InChI is InChI=1S/C21H14N4O/c1-3-9-15(10-4-1)21-22-20(24-26-21)19-17-13-7-8-14-18(17)25(23-19)16-11-5-2-6-12-16/h1-14H. The Hall–Kier alpha value is -3.73. The Morgan fingerprint density at radius 2 is 1.42 bits per heavy atom. The van der Waals surface area contributed by atoms with E-state index in [-0.39, 0.29) is 0 Å². The predicted molar refractivity (Wildman–Crippen MR) is 99.8 cm³/mol. The van der Waals surface area contributed by atoms with E-state index in [1.54, 1.807) is 0 Å². The Morgan fingerprint density at radius 1 is 0.731 bits per heavy atom. The van der Waals surface area contributed by atoms with Gasteiger partial charge in [0.1, 0.15) is 5.69 Å². The van der Waals surface area contributed by atoms with Crippen molar-refractivity contribution < 1.29 is 4.52 Å². The minimum Gasteiger partial charge on any atom is -0.334 e. The first kappa shape index (κ1) is 14.6. The molecule has 0 aliphatic carbocycles. The van der Waals surface area contributed by atoms with E-state index >= 15 is 0 Å². The summed E-state index contributed by atoms with van der Waals surface area (Å²) in [4.78, 5) is 4.55. The first-order valence-electron chi connectivity index (χ1n) is 8.33. The molecule has 0 aliphatic rings. The Balaban J connectivity index is 1.68. The third-order valence-electron chi connectivity index (χ3n) is 4.25. The fraction of sp³-hybridized carbons (Fsp3) is 0. The van der Waals surface area contributed by atoms with Gasteiger partial charge in [-0.25, -0.2) is 4.68 Å². The molecule has 0 radical (unpaired) electrons. The summed E-state index contributed by atoms with van der Waals surface area (Å²) in [5.41, 5.74) is 3.58. The van der Waals surface area contributed by atoms with Crippen LogP contribution in [0, 0.1) is 0 Å². The highest BCUT2D eigenvalue weighted by atomic mass is 16.5. The molecule has 0 saturated heterocycles. The van der Waals surface area contributed by atoms with E-state index in [9.17, 15) is 0 Å². The van der Waals surface area contributed by atoms with Gasteiger partial charge in [0.05, 0.1) is 11.2 Å². The molecule has 0 saturated carbocycles. The van der Waals surface area contributed by atoms with Crippen molar-refractivity contribution in [3.63, 3.8) is 0 Å². The van der Waals surface area contributed by atoms with Crippen molar-refractivity contribution in [2.75, 3.05) is 0 Å². The summed E-state index contributed by atoms with van der Waals surface area (Å²) in [6.45, 7) is 0. The quantitative estimate of drug-likeness (QED) is 0.477. The fourth-order valence-electron chi connectivity index (χ4n) is 3.02. The van der Waals surface area contributed by atoms with Crippen molar-refractivity contribution in [2.24, 2.45) is 0 Å². The van der Waals surface area contributed by atoms with Crippen LogP contribution in [0.1, 0.15) is 0 Å². The van der Waals surface area contributed by atoms with Crippen LogP contribution in [0.2, 0.25) is 0 Å². The second-order valence-electron chi connectivity index (χ2n) is 5.90. The van der Waals surface area contributed by atoms with Crippen LogP contribution in [0.25, 0.3) is 39.6 Å². The molecule has 124 valence electrons. The topological polar surface area (TPSA) is 56.7 Å². The lowest BCUT2D eigenvalue weighted by Gasteiger charge is -2.01. The second-order valence-corrected chi connectivity index (χ2v) is 5.90. The van der Waals surface area contributed by atoms with E-state index in [1.807, 2.05) is 89.6 Å². The molecule has 5 heteroatoms. The van der Waals surface area contributed by atoms with Gasteiger partial charge >= 0.3 is 0 Å². The Morgan fingerprint density at radius 3 is 2.23 bits per heavy atom. The molecule has 2 aromatic heterocycles. The summed E-state index contributed by atoms with van der Waals surface area (Å²) < 4.78 is 7.36. The van der Waals surface area contributed by atoms with Crippen LogP contribution in [-0.4, -0.2) is 19.9 Å². The third-order valence-corrected chi connectivity index (χ3v) is 4.25. The van der Waals surface area contributed by atoms with E-state index < -0.39 is 0 Å². The van der Waals surface area contributed by atoms with Crippen LogP contribution < -0.4 is 0 Å². The molecular formula is C21H14N4O. The molecule has 0 atom stereocenters. The average molecular weight is 338 g/mol. The molecule has 3 aromatic carbocycles. The number of hydrogen-bond acceptors (Lipinski definition) is 4. The van der Waals surface area contributed by atoms with Gasteiger partial charge in [-0.1, -0.05) is 59.8 Å². The predicted octanol–water partition coefficient (Wildman–Crippen LogP) is 4.74. The van der Waals surface area contributed by atoms with Crippen LogP contribution in [0.4, 0.5) is 0 Å². The highest BCUT2D eigenvalue weighted by Crippen LogP contribution is 2.29. The normalized spacial score (nSPS) is 11.1. The monoisotopic (exact) mass is 338 g/mol. The highest BCUT2D eigenvalue weighted by molar-refractivity contribution is 5.92. The number of para-hydroxylation sites is 2. The molecule has 26 heavy (non-hydrogen) atoms. The Labute approximate surface area is 149 Å². The third kappa shape index (κ3) is 2.38. The van der Waals surface area contributed by atoms with Gasteiger partial charge in [0.25, 0.3) is 5.89 Å². The zero-order chi connectivity index (χ0) is 17.3. The molecule has 0 spiro atoms. The molecule has 0 aliphatic heterocycles. The number of nitrogens with zero attached hydrogens (tertiary/aromatic N) is 4. The largest absolute Gasteiger partial charge is 0.334 e. The van der Waals surface area contributed by atoms with E-state index in [2.05, 4.69) is 10.1 Å². The van der Waals surface area contributed by atoms with E-state index in [4.69, 9.17) is 9.62 Å². The van der Waals surface area contributed by atoms with Gasteiger partial charge < -0.3 is 4.52 Å². The number of benzene rings is 3. The first-order chi connectivity index (χ1) is 12.9. The van der Waals surface area contributed by atoms with Gasteiger partial charge in [0.15, 0.2) is 0 Å². The minimum absolute atomic E-state index is 0.481. The fourth-order valence-corrected chi connectivity index (χ4v) is 3.02. The van der Waals surface area contributed by atoms with Crippen LogP contribution in [-0.2, 0) is 0 Å². The second kappa shape index (κ2) is 5.97. The molecule has 5 rings (SSSR count). The van der Waals surface area contributed by atoms with Crippen molar-refractivity contribution in [1.82, 2.24) is 19.9 Å². The molecule has 0 N–H and O–H groups in total. The Bertz CT molecular complexity index is 1180. The summed E-state index contributed by atoms with van der Waals surface area (Å²) >= 11 is 0. The molecule has 2 heterocycles. The number of aromatic nitrogens is 4. The van der Waals surface area contributed by atoms with Gasteiger partial charge in [-0.15, -0.1) is 0 Å². The lowest BCUT2D eigenvalue weighted by Crippen LogP contribution is -1.96. The molecule has 0 fully saturated rings. The molecule has 0 bridgehead atoms. The van der Waals surface area contributed by atoms with Crippen molar-refractivity contribution in [2.45, 2.75) is 0 Å². The maximum absolute atomic E-state index is 5.46. The number of fused-ring (bicyclic) bond motifs is 1. The zero-order valence-electron chi connectivity index (χ0n) is 13.8. The molecule has 5 aromatic rings. The van der Waals surface area contributed by atoms with E-state index in [0.29, 0.717) is 17.4 Å². The smallest absolute Gasteiger partial charge is 0.258 e. The first-order valence-corrected chi connectivity index (χ1v) is 8.33. The lowest BCUT2D eigenvalue weighted by molar-refractivity contribution is 0.432. The van der Waals surface area contributed by atoms with Gasteiger partial charge in [-0.3, -0.25) is 0 Å². The molecule has 0 amide bonds. The van der Waals surface area contributed by atoms with Crippen molar-refractivity contribution in [3.05, 3.63) is 84.9 Å². The van der Waals surface area contributed by atoms with Crippen LogP contribution >= 0.6 is 0 Å². The number of hydrogen-bond donors (Lipinski definition) is 0. The summed E-state index contributed by atoms with van der Waals surface area (Å²) in [5.74, 6) is 0.966. The van der Waals surface area contributed by atoms with Crippen molar-refractivity contribution in [3.8, 4) is 28.7 Å². The SMILES string of the molecule is c1ccc(-c2nc(-c3nn(-c4ccccc4)c4ccccc34)no2)cc1. The van der Waals surface area contributed by atoms with E-state index in [1.165, 1.54) is 0 Å². The summed E-state index contributed by atoms with van der Waals surface area (Å²) in [6, 6.07) is 27.8. The van der Waals surface area contributed by atoms with Gasteiger partial charge in [-0.05, 0) is 30.3 Å². The van der Waals surface area contributed by atoms with Gasteiger partial charge in [0.2, 0.25) is 5.82 Å². The van der Waals surface area contributed by atoms with Crippen LogP contribution in [0.3, 0.4) is 0 Å². The summed E-state index contributed by atoms with van der Waals surface area (Å²) in [7, 11) is 0. The van der Waals surface area contributed by atoms with Gasteiger partial charge in [-0.2, -0.15) is 10.1 Å². The van der Waals surface area contributed by atoms with Crippen LogP contribution in [0.15, 0.2) is 89.5 Å². The van der Waals surface area contributed by atoms with E-state index in [0.717, 1.165) is 22.2 Å². The lowest BCUT2D eigenvalue weighted by atomic mass is 10.2. The maximum atomic E-state index is 5.46. The molecule has 0 unspecified atom stereocenters. The molecule has 5 nitrogen and oxygen atoms in total.